The first kappa shape index (κ1) is 11.2. The summed E-state index contributed by atoms with van der Waals surface area (Å²) >= 11 is 0. The van der Waals surface area contributed by atoms with Crippen molar-refractivity contribution in [3.05, 3.63) is 29.8 Å². The third kappa shape index (κ3) is 3.37. The number of para-hydroxylation sites is 1. The fourth-order valence-corrected chi connectivity index (χ4v) is 1.65. The molecular weight excluding hydrogens is 200 g/mol. The van der Waals surface area contributed by atoms with E-state index in [0.29, 0.717) is 6.42 Å². The number of ketones is 1. The van der Waals surface area contributed by atoms with Gasteiger partial charge in [0.05, 0.1) is 6.61 Å². The maximum Gasteiger partial charge on any atom is 0.130 e. The maximum atomic E-state index is 11.0. The fourth-order valence-electron chi connectivity index (χ4n) is 1.65. The lowest BCUT2D eigenvalue weighted by Gasteiger charge is -2.10. The molecule has 0 spiro atoms. The van der Waals surface area contributed by atoms with Crippen molar-refractivity contribution >= 4 is 5.78 Å². The standard InChI is InChI=1S/C14H18O2/c1-11(15)6-9-13-4-2-3-5-14(13)16-10-12-7-8-12/h2-5,12H,6-10H2,1H3. The highest BCUT2D eigenvalue weighted by Crippen LogP contribution is 2.30. The molecule has 0 bridgehead atoms. The molecule has 0 unspecified atom stereocenters. The van der Waals surface area contributed by atoms with E-state index in [2.05, 4.69) is 0 Å². The van der Waals surface area contributed by atoms with Gasteiger partial charge in [-0.05, 0) is 43.7 Å². The molecule has 0 aromatic heterocycles. The second-order valence-electron chi connectivity index (χ2n) is 4.56. The summed E-state index contributed by atoms with van der Waals surface area (Å²) in [6.45, 7) is 2.46. The number of aryl methyl sites for hydroxylation is 1. The van der Waals surface area contributed by atoms with Crippen molar-refractivity contribution in [2.24, 2.45) is 5.92 Å². The number of hydrogen-bond donors (Lipinski definition) is 0. The first-order valence-electron chi connectivity index (χ1n) is 5.96. The third-order valence-electron chi connectivity index (χ3n) is 2.89. The number of benzene rings is 1. The maximum absolute atomic E-state index is 11.0. The van der Waals surface area contributed by atoms with Crippen molar-refractivity contribution in [2.45, 2.75) is 32.6 Å². The highest BCUT2D eigenvalue weighted by atomic mass is 16.5. The van der Waals surface area contributed by atoms with E-state index in [0.717, 1.165) is 30.3 Å². The molecule has 0 heterocycles. The summed E-state index contributed by atoms with van der Waals surface area (Å²) in [6.07, 6.45) is 3.99. The number of carbonyl (C=O) groups excluding carboxylic acids is 1. The van der Waals surface area contributed by atoms with Crippen molar-refractivity contribution < 1.29 is 9.53 Å². The molecule has 1 fully saturated rings. The lowest BCUT2D eigenvalue weighted by atomic mass is 10.1. The zero-order chi connectivity index (χ0) is 11.4. The Morgan fingerprint density at radius 1 is 1.38 bits per heavy atom. The average Bonchev–Trinajstić information content (AvgIpc) is 3.08. The number of Topliss-reactive ketones (excluding diaryl/α,β-unsaturated/α-hetero) is 1. The van der Waals surface area contributed by atoms with E-state index >= 15 is 0 Å². The Kier molecular flexibility index (Phi) is 3.60. The van der Waals surface area contributed by atoms with E-state index in [-0.39, 0.29) is 5.78 Å². The minimum atomic E-state index is 0.233. The van der Waals surface area contributed by atoms with Gasteiger partial charge in [0, 0.05) is 6.42 Å². The van der Waals surface area contributed by atoms with Crippen LogP contribution in [0.1, 0.15) is 31.7 Å². The van der Waals surface area contributed by atoms with Crippen LogP contribution in [0.25, 0.3) is 0 Å². The Balaban J connectivity index is 1.94. The van der Waals surface area contributed by atoms with Gasteiger partial charge in [0.1, 0.15) is 11.5 Å². The van der Waals surface area contributed by atoms with E-state index in [1.54, 1.807) is 6.92 Å². The quantitative estimate of drug-likeness (QED) is 0.733. The van der Waals surface area contributed by atoms with Gasteiger partial charge in [-0.1, -0.05) is 18.2 Å². The molecule has 0 aliphatic heterocycles. The molecule has 0 atom stereocenters. The molecular formula is C14H18O2. The minimum absolute atomic E-state index is 0.233. The summed E-state index contributed by atoms with van der Waals surface area (Å²) in [5.74, 6) is 1.95. The SMILES string of the molecule is CC(=O)CCc1ccccc1OCC1CC1. The molecule has 1 saturated carbocycles. The van der Waals surface area contributed by atoms with Crippen LogP contribution >= 0.6 is 0 Å². The van der Waals surface area contributed by atoms with Gasteiger partial charge in [-0.25, -0.2) is 0 Å². The largest absolute Gasteiger partial charge is 0.493 e. The zero-order valence-electron chi connectivity index (χ0n) is 9.74. The smallest absolute Gasteiger partial charge is 0.130 e. The molecule has 2 nitrogen and oxygen atoms in total. The molecule has 86 valence electrons. The van der Waals surface area contributed by atoms with E-state index in [1.807, 2.05) is 24.3 Å². The Labute approximate surface area is 96.6 Å². The molecule has 2 rings (SSSR count). The summed E-state index contributed by atoms with van der Waals surface area (Å²) in [5.41, 5.74) is 1.15. The molecule has 1 aromatic rings. The molecule has 1 aliphatic rings. The van der Waals surface area contributed by atoms with Crippen molar-refractivity contribution in [3.8, 4) is 5.75 Å². The van der Waals surface area contributed by atoms with Gasteiger partial charge < -0.3 is 9.53 Å². The highest BCUT2D eigenvalue weighted by molar-refractivity contribution is 5.75. The Bertz CT molecular complexity index is 367. The molecule has 1 aliphatic carbocycles. The van der Waals surface area contributed by atoms with Gasteiger partial charge in [-0.3, -0.25) is 0 Å². The first-order valence-corrected chi connectivity index (χ1v) is 5.96. The summed E-state index contributed by atoms with van der Waals surface area (Å²) in [5, 5.41) is 0. The Morgan fingerprint density at radius 3 is 2.81 bits per heavy atom. The van der Waals surface area contributed by atoms with Crippen molar-refractivity contribution in [1.82, 2.24) is 0 Å². The Hall–Kier alpha value is -1.31. The highest BCUT2D eigenvalue weighted by Gasteiger charge is 2.22. The van der Waals surface area contributed by atoms with E-state index in [9.17, 15) is 4.79 Å². The molecule has 0 radical (unpaired) electrons. The number of carbonyl (C=O) groups is 1. The van der Waals surface area contributed by atoms with E-state index in [4.69, 9.17) is 4.74 Å². The predicted molar refractivity (Wildman–Crippen MR) is 63.7 cm³/mol. The second-order valence-corrected chi connectivity index (χ2v) is 4.56. The summed E-state index contributed by atoms with van der Waals surface area (Å²) in [7, 11) is 0. The third-order valence-corrected chi connectivity index (χ3v) is 2.89. The summed E-state index contributed by atoms with van der Waals surface area (Å²) in [6, 6.07) is 8.03. The molecule has 0 amide bonds. The number of hydrogen-bond acceptors (Lipinski definition) is 2. The van der Waals surface area contributed by atoms with Crippen molar-refractivity contribution in [1.29, 1.82) is 0 Å². The van der Waals surface area contributed by atoms with Crippen LogP contribution in [-0.4, -0.2) is 12.4 Å². The monoisotopic (exact) mass is 218 g/mol. The average molecular weight is 218 g/mol. The van der Waals surface area contributed by atoms with E-state index in [1.165, 1.54) is 12.8 Å². The molecule has 16 heavy (non-hydrogen) atoms. The van der Waals surface area contributed by atoms with Crippen LogP contribution in [0.15, 0.2) is 24.3 Å². The van der Waals surface area contributed by atoms with Crippen LogP contribution in [0.2, 0.25) is 0 Å². The van der Waals surface area contributed by atoms with Crippen LogP contribution < -0.4 is 4.74 Å². The van der Waals surface area contributed by atoms with Gasteiger partial charge in [-0.2, -0.15) is 0 Å². The van der Waals surface area contributed by atoms with Gasteiger partial charge in [0.15, 0.2) is 0 Å². The van der Waals surface area contributed by atoms with Crippen LogP contribution in [-0.2, 0) is 11.2 Å². The normalized spacial score (nSPS) is 14.8. The topological polar surface area (TPSA) is 26.3 Å². The Morgan fingerprint density at radius 2 is 2.12 bits per heavy atom. The van der Waals surface area contributed by atoms with Crippen molar-refractivity contribution in [3.63, 3.8) is 0 Å². The van der Waals surface area contributed by atoms with Crippen LogP contribution in [0.5, 0.6) is 5.75 Å². The lowest BCUT2D eigenvalue weighted by molar-refractivity contribution is -0.116. The molecule has 0 saturated heterocycles. The molecule has 1 aromatic carbocycles. The minimum Gasteiger partial charge on any atom is -0.493 e. The summed E-state index contributed by atoms with van der Waals surface area (Å²) in [4.78, 5) is 11.0. The summed E-state index contributed by atoms with van der Waals surface area (Å²) < 4.78 is 5.78. The lowest BCUT2D eigenvalue weighted by Crippen LogP contribution is -2.02. The second kappa shape index (κ2) is 5.15. The zero-order valence-corrected chi connectivity index (χ0v) is 9.74. The first-order chi connectivity index (χ1) is 7.75. The van der Waals surface area contributed by atoms with E-state index < -0.39 is 0 Å². The molecule has 0 N–H and O–H groups in total. The van der Waals surface area contributed by atoms with Gasteiger partial charge in [0.25, 0.3) is 0 Å². The number of ether oxygens (including phenoxy) is 1. The van der Waals surface area contributed by atoms with Gasteiger partial charge >= 0.3 is 0 Å². The van der Waals surface area contributed by atoms with Crippen LogP contribution in [0, 0.1) is 5.92 Å². The fraction of sp³-hybridized carbons (Fsp3) is 0.500. The molecule has 2 heteroatoms. The van der Waals surface area contributed by atoms with Gasteiger partial charge in [-0.15, -0.1) is 0 Å². The van der Waals surface area contributed by atoms with Gasteiger partial charge in [0.2, 0.25) is 0 Å². The predicted octanol–water partition coefficient (Wildman–Crippen LogP) is 3.00. The number of rotatable bonds is 6. The van der Waals surface area contributed by atoms with Crippen LogP contribution in [0.4, 0.5) is 0 Å². The van der Waals surface area contributed by atoms with Crippen LogP contribution in [0.3, 0.4) is 0 Å². The van der Waals surface area contributed by atoms with Crippen molar-refractivity contribution in [2.75, 3.05) is 6.61 Å².